The van der Waals surface area contributed by atoms with Gasteiger partial charge in [0.2, 0.25) is 0 Å². The number of carbonyl (C=O) groups is 1. The molecule has 2 aliphatic rings. The summed E-state index contributed by atoms with van der Waals surface area (Å²) in [5.74, 6) is 0.318. The van der Waals surface area contributed by atoms with Crippen LogP contribution in [0, 0.1) is 5.82 Å². The highest BCUT2D eigenvalue weighted by Crippen LogP contribution is 2.29. The molecule has 23 heavy (non-hydrogen) atoms. The summed E-state index contributed by atoms with van der Waals surface area (Å²) in [7, 11) is 0. The summed E-state index contributed by atoms with van der Waals surface area (Å²) in [5, 5.41) is 12.4. The fraction of sp³-hybridized carbons (Fsp3) is 0.562. The van der Waals surface area contributed by atoms with Gasteiger partial charge in [0.1, 0.15) is 11.6 Å². The van der Waals surface area contributed by atoms with Crippen LogP contribution in [-0.2, 0) is 17.8 Å². The van der Waals surface area contributed by atoms with Crippen LogP contribution in [0.25, 0.3) is 0 Å². The zero-order valence-corrected chi connectivity index (χ0v) is 12.9. The number of hydrogen-bond donors (Lipinski definition) is 2. The van der Waals surface area contributed by atoms with E-state index in [1.807, 2.05) is 0 Å². The molecule has 1 fully saturated rings. The second kappa shape index (κ2) is 7.14. The van der Waals surface area contributed by atoms with E-state index in [9.17, 15) is 14.3 Å². The smallest absolute Gasteiger partial charge is 0.317 e. The zero-order valence-electron chi connectivity index (χ0n) is 12.9. The molecule has 1 atom stereocenters. The lowest BCUT2D eigenvalue weighted by atomic mass is 10.1. The monoisotopic (exact) mass is 324 g/mol. The number of likely N-dealkylation sites (tertiary alicyclic amines) is 1. The van der Waals surface area contributed by atoms with Gasteiger partial charge in [0.25, 0.3) is 0 Å². The molecule has 1 aromatic rings. The van der Waals surface area contributed by atoms with Crippen LogP contribution in [-0.4, -0.2) is 48.6 Å². The molecule has 0 aliphatic carbocycles. The lowest BCUT2D eigenvalue weighted by molar-refractivity contribution is -0.0172. The lowest BCUT2D eigenvalue weighted by Gasteiger charge is -2.30. The van der Waals surface area contributed by atoms with Crippen molar-refractivity contribution in [3.63, 3.8) is 0 Å². The van der Waals surface area contributed by atoms with Crippen LogP contribution in [0.5, 0.6) is 5.75 Å². The first-order valence-electron chi connectivity index (χ1n) is 7.86. The molecule has 1 aromatic carbocycles. The Morgan fingerprint density at radius 2 is 2.35 bits per heavy atom. The first-order valence-corrected chi connectivity index (χ1v) is 7.86. The Hall–Kier alpha value is -1.86. The number of nitrogens with one attached hydrogen (secondary N) is 1. The SMILES string of the molecule is O=C(NCCc1cc(F)cc2c1OCOC2)N1CCCC(O)C1. The minimum atomic E-state index is -0.446. The van der Waals surface area contributed by atoms with Crippen molar-refractivity contribution in [1.82, 2.24) is 10.2 Å². The van der Waals surface area contributed by atoms with Crippen molar-refractivity contribution in [2.45, 2.75) is 32.0 Å². The topological polar surface area (TPSA) is 71.0 Å². The Labute approximate surface area is 134 Å². The van der Waals surface area contributed by atoms with E-state index in [1.165, 1.54) is 12.1 Å². The molecular weight excluding hydrogens is 303 g/mol. The number of ether oxygens (including phenoxy) is 2. The molecule has 0 radical (unpaired) electrons. The number of benzene rings is 1. The van der Waals surface area contributed by atoms with Crippen molar-refractivity contribution in [2.75, 3.05) is 26.4 Å². The largest absolute Gasteiger partial charge is 0.467 e. The summed E-state index contributed by atoms with van der Waals surface area (Å²) < 4.78 is 24.2. The number of carbonyl (C=O) groups excluding carboxylic acids is 1. The van der Waals surface area contributed by atoms with E-state index < -0.39 is 6.10 Å². The van der Waals surface area contributed by atoms with Crippen LogP contribution in [0.4, 0.5) is 9.18 Å². The summed E-state index contributed by atoms with van der Waals surface area (Å²) in [5.41, 5.74) is 1.42. The second-order valence-electron chi connectivity index (χ2n) is 5.89. The number of amides is 2. The van der Waals surface area contributed by atoms with Crippen molar-refractivity contribution >= 4 is 6.03 Å². The molecule has 0 bridgehead atoms. The molecular formula is C16H21FN2O4. The molecule has 6 nitrogen and oxygen atoms in total. The molecule has 126 valence electrons. The minimum Gasteiger partial charge on any atom is -0.467 e. The third-order valence-corrected chi connectivity index (χ3v) is 4.11. The van der Waals surface area contributed by atoms with Gasteiger partial charge in [0.05, 0.1) is 12.7 Å². The van der Waals surface area contributed by atoms with Crippen LogP contribution in [0.2, 0.25) is 0 Å². The van der Waals surface area contributed by atoms with E-state index in [1.54, 1.807) is 4.90 Å². The van der Waals surface area contributed by atoms with Crippen LogP contribution in [0.1, 0.15) is 24.0 Å². The number of fused-ring (bicyclic) bond motifs is 1. The maximum atomic E-state index is 13.6. The van der Waals surface area contributed by atoms with Crippen molar-refractivity contribution in [1.29, 1.82) is 0 Å². The van der Waals surface area contributed by atoms with Gasteiger partial charge in [-0.15, -0.1) is 0 Å². The van der Waals surface area contributed by atoms with Gasteiger partial charge in [-0.1, -0.05) is 0 Å². The number of halogens is 1. The van der Waals surface area contributed by atoms with Gasteiger partial charge in [0, 0.05) is 25.2 Å². The molecule has 7 heteroatoms. The Balaban J connectivity index is 1.56. The van der Waals surface area contributed by atoms with Crippen LogP contribution in [0.3, 0.4) is 0 Å². The molecule has 0 aromatic heterocycles. The number of rotatable bonds is 3. The van der Waals surface area contributed by atoms with Gasteiger partial charge in [-0.2, -0.15) is 0 Å². The van der Waals surface area contributed by atoms with Crippen molar-refractivity contribution in [3.8, 4) is 5.75 Å². The van der Waals surface area contributed by atoms with Gasteiger partial charge < -0.3 is 24.8 Å². The van der Waals surface area contributed by atoms with Crippen LogP contribution < -0.4 is 10.1 Å². The van der Waals surface area contributed by atoms with E-state index in [0.29, 0.717) is 44.0 Å². The standard InChI is InChI=1S/C16H21FN2O4/c17-13-6-11(15-12(7-13)9-22-10-23-15)3-4-18-16(21)19-5-1-2-14(20)8-19/h6-7,14,20H,1-5,8-10H2,(H,18,21). The molecule has 3 rings (SSSR count). The first kappa shape index (κ1) is 16.0. The third-order valence-electron chi connectivity index (χ3n) is 4.11. The lowest BCUT2D eigenvalue weighted by Crippen LogP contribution is -2.47. The summed E-state index contributed by atoms with van der Waals surface area (Å²) in [6.45, 7) is 1.88. The Morgan fingerprint density at radius 3 is 3.17 bits per heavy atom. The van der Waals surface area contributed by atoms with Gasteiger partial charge in [0.15, 0.2) is 6.79 Å². The van der Waals surface area contributed by atoms with Gasteiger partial charge in [-0.05, 0) is 37.0 Å². The average molecular weight is 324 g/mol. The summed E-state index contributed by atoms with van der Waals surface area (Å²) in [6.07, 6.45) is 1.57. The van der Waals surface area contributed by atoms with Gasteiger partial charge in [-0.3, -0.25) is 0 Å². The highest BCUT2D eigenvalue weighted by atomic mass is 19.1. The molecule has 1 saturated heterocycles. The predicted molar refractivity (Wildman–Crippen MR) is 80.6 cm³/mol. The number of β-amino-alcohol motifs (C(OH)–C–C–N with tert-alkyl or cyclic N) is 1. The predicted octanol–water partition coefficient (Wildman–Crippen LogP) is 1.40. The van der Waals surface area contributed by atoms with Gasteiger partial charge >= 0.3 is 6.03 Å². The van der Waals surface area contributed by atoms with Crippen molar-refractivity contribution in [2.24, 2.45) is 0 Å². The number of urea groups is 1. The number of nitrogens with zero attached hydrogens (tertiary/aromatic N) is 1. The van der Waals surface area contributed by atoms with E-state index >= 15 is 0 Å². The fourth-order valence-corrected chi connectivity index (χ4v) is 3.00. The number of piperidine rings is 1. The van der Waals surface area contributed by atoms with Crippen molar-refractivity contribution < 1.29 is 23.8 Å². The number of aliphatic hydroxyl groups is 1. The molecule has 2 N–H and O–H groups in total. The van der Waals surface area contributed by atoms with Crippen LogP contribution >= 0.6 is 0 Å². The molecule has 0 saturated carbocycles. The molecule has 2 aliphatic heterocycles. The molecule has 0 spiro atoms. The second-order valence-corrected chi connectivity index (χ2v) is 5.89. The highest BCUT2D eigenvalue weighted by molar-refractivity contribution is 5.74. The fourth-order valence-electron chi connectivity index (χ4n) is 3.00. The molecule has 2 heterocycles. The Bertz CT molecular complexity index is 581. The zero-order chi connectivity index (χ0) is 16.2. The number of aliphatic hydroxyl groups excluding tert-OH is 1. The first-order chi connectivity index (χ1) is 11.1. The van der Waals surface area contributed by atoms with Gasteiger partial charge in [-0.25, -0.2) is 9.18 Å². The normalized spacial score (nSPS) is 20.6. The van der Waals surface area contributed by atoms with E-state index in [4.69, 9.17) is 9.47 Å². The summed E-state index contributed by atoms with van der Waals surface area (Å²) >= 11 is 0. The maximum Gasteiger partial charge on any atom is 0.317 e. The Morgan fingerprint density at radius 1 is 1.48 bits per heavy atom. The summed E-state index contributed by atoms with van der Waals surface area (Å²) in [6, 6.07) is 2.64. The van der Waals surface area contributed by atoms with E-state index in [2.05, 4.69) is 5.32 Å². The minimum absolute atomic E-state index is 0.156. The maximum absolute atomic E-state index is 13.6. The third kappa shape index (κ3) is 3.92. The van der Waals surface area contributed by atoms with E-state index in [0.717, 1.165) is 18.4 Å². The molecule has 1 unspecified atom stereocenters. The summed E-state index contributed by atoms with van der Waals surface area (Å²) in [4.78, 5) is 13.7. The Kier molecular flexibility index (Phi) is 4.97. The van der Waals surface area contributed by atoms with E-state index in [-0.39, 0.29) is 18.6 Å². The van der Waals surface area contributed by atoms with Crippen molar-refractivity contribution in [3.05, 3.63) is 29.1 Å². The quantitative estimate of drug-likeness (QED) is 0.882. The highest BCUT2D eigenvalue weighted by Gasteiger charge is 2.22. The van der Waals surface area contributed by atoms with Crippen LogP contribution in [0.15, 0.2) is 12.1 Å². The average Bonchev–Trinajstić information content (AvgIpc) is 2.54. The molecule has 2 amide bonds. The number of hydrogen-bond acceptors (Lipinski definition) is 4.